The molecule has 0 aromatic carbocycles. The van der Waals surface area contributed by atoms with Crippen molar-refractivity contribution in [1.29, 1.82) is 0 Å². The van der Waals surface area contributed by atoms with Crippen LogP contribution in [-0.2, 0) is 9.53 Å². The molecule has 4 bridgehead atoms. The SMILES string of the molecule is CC(OC(=O)C12CC3CC(CC(C3)C1)C2)C(F)F. The molecule has 0 aliphatic heterocycles. The van der Waals surface area contributed by atoms with Crippen LogP contribution in [0.3, 0.4) is 0 Å². The Labute approximate surface area is 106 Å². The largest absolute Gasteiger partial charge is 0.456 e. The smallest absolute Gasteiger partial charge is 0.312 e. The summed E-state index contributed by atoms with van der Waals surface area (Å²) < 4.78 is 30.0. The van der Waals surface area contributed by atoms with E-state index < -0.39 is 17.9 Å². The van der Waals surface area contributed by atoms with E-state index >= 15 is 0 Å². The normalized spacial score (nSPS) is 43.2. The van der Waals surface area contributed by atoms with Crippen LogP contribution in [0.25, 0.3) is 0 Å². The standard InChI is InChI=1S/C14H20F2O2/c1-8(12(15)16)18-13(17)14-5-9-2-10(6-14)4-11(3-9)7-14/h8-12H,2-7H2,1H3. The molecule has 0 amide bonds. The van der Waals surface area contributed by atoms with Crippen LogP contribution >= 0.6 is 0 Å². The third-order valence-corrected chi connectivity index (χ3v) is 5.12. The number of carbonyl (C=O) groups is 1. The second-order valence-corrected chi connectivity index (χ2v) is 6.64. The number of halogens is 2. The molecule has 0 N–H and O–H groups in total. The minimum absolute atomic E-state index is 0.352. The first-order chi connectivity index (χ1) is 8.48. The molecular formula is C14H20F2O2. The van der Waals surface area contributed by atoms with Gasteiger partial charge in [-0.1, -0.05) is 0 Å². The van der Waals surface area contributed by atoms with Gasteiger partial charge in [0.25, 0.3) is 6.43 Å². The van der Waals surface area contributed by atoms with Gasteiger partial charge >= 0.3 is 5.97 Å². The Kier molecular flexibility index (Phi) is 2.87. The van der Waals surface area contributed by atoms with Crippen molar-refractivity contribution in [3.05, 3.63) is 0 Å². The fourth-order valence-electron chi connectivity index (χ4n) is 4.71. The van der Waals surface area contributed by atoms with Crippen LogP contribution in [0.15, 0.2) is 0 Å². The summed E-state index contributed by atoms with van der Waals surface area (Å²) in [6.45, 7) is 1.28. The van der Waals surface area contributed by atoms with Gasteiger partial charge in [0.1, 0.15) is 0 Å². The Balaban J connectivity index is 1.73. The second kappa shape index (κ2) is 4.17. The first kappa shape index (κ1) is 12.4. The number of alkyl halides is 2. The minimum atomic E-state index is -2.58. The van der Waals surface area contributed by atoms with Crippen molar-refractivity contribution in [3.8, 4) is 0 Å². The Morgan fingerprint density at radius 3 is 1.94 bits per heavy atom. The molecule has 18 heavy (non-hydrogen) atoms. The number of hydrogen-bond donors (Lipinski definition) is 0. The molecule has 0 saturated heterocycles. The lowest BCUT2D eigenvalue weighted by atomic mass is 9.49. The zero-order valence-corrected chi connectivity index (χ0v) is 10.7. The molecule has 2 nitrogen and oxygen atoms in total. The lowest BCUT2D eigenvalue weighted by Gasteiger charge is -2.55. The molecule has 0 aromatic rings. The summed E-state index contributed by atoms with van der Waals surface area (Å²) in [4.78, 5) is 12.3. The summed E-state index contributed by atoms with van der Waals surface area (Å²) in [7, 11) is 0. The predicted molar refractivity (Wildman–Crippen MR) is 62.2 cm³/mol. The van der Waals surface area contributed by atoms with Crippen LogP contribution in [0, 0.1) is 23.2 Å². The van der Waals surface area contributed by atoms with Gasteiger partial charge in [-0.05, 0) is 63.2 Å². The number of rotatable bonds is 3. The van der Waals surface area contributed by atoms with Crippen LogP contribution < -0.4 is 0 Å². The summed E-state index contributed by atoms with van der Waals surface area (Å²) in [6, 6.07) is 0. The molecule has 4 aliphatic carbocycles. The Morgan fingerprint density at radius 2 is 1.56 bits per heavy atom. The van der Waals surface area contributed by atoms with E-state index in [1.807, 2.05) is 0 Å². The number of ether oxygens (including phenoxy) is 1. The van der Waals surface area contributed by atoms with Crippen LogP contribution in [0.2, 0.25) is 0 Å². The minimum Gasteiger partial charge on any atom is -0.456 e. The predicted octanol–water partition coefficient (Wildman–Crippen LogP) is 3.40. The molecular weight excluding hydrogens is 238 g/mol. The van der Waals surface area contributed by atoms with Crippen LogP contribution in [0.4, 0.5) is 8.78 Å². The van der Waals surface area contributed by atoms with Gasteiger partial charge < -0.3 is 4.74 Å². The fourth-order valence-corrected chi connectivity index (χ4v) is 4.71. The molecule has 0 heterocycles. The third-order valence-electron chi connectivity index (χ3n) is 5.12. The highest BCUT2D eigenvalue weighted by Crippen LogP contribution is 2.60. The maximum atomic E-state index is 12.5. The quantitative estimate of drug-likeness (QED) is 0.725. The van der Waals surface area contributed by atoms with E-state index in [1.165, 1.54) is 26.2 Å². The average Bonchev–Trinajstić information content (AvgIpc) is 2.26. The van der Waals surface area contributed by atoms with Crippen LogP contribution in [-0.4, -0.2) is 18.5 Å². The maximum absolute atomic E-state index is 12.5. The van der Waals surface area contributed by atoms with Crippen molar-refractivity contribution >= 4 is 5.97 Å². The molecule has 0 spiro atoms. The number of hydrogen-bond acceptors (Lipinski definition) is 2. The molecule has 4 saturated carbocycles. The fraction of sp³-hybridized carbons (Fsp3) is 0.929. The molecule has 0 aromatic heterocycles. The third kappa shape index (κ3) is 1.94. The Bertz CT molecular complexity index is 318. The van der Waals surface area contributed by atoms with Crippen molar-refractivity contribution in [2.45, 2.75) is 58.0 Å². The number of carbonyl (C=O) groups excluding carboxylic acids is 1. The van der Waals surface area contributed by atoms with E-state index in [9.17, 15) is 13.6 Å². The highest BCUT2D eigenvalue weighted by molar-refractivity contribution is 5.77. The zero-order chi connectivity index (χ0) is 12.9. The van der Waals surface area contributed by atoms with Gasteiger partial charge in [0.05, 0.1) is 5.41 Å². The summed E-state index contributed by atoms with van der Waals surface area (Å²) in [5, 5.41) is 0. The van der Waals surface area contributed by atoms with Gasteiger partial charge in [0.2, 0.25) is 0 Å². The summed E-state index contributed by atoms with van der Waals surface area (Å²) >= 11 is 0. The zero-order valence-electron chi connectivity index (χ0n) is 10.7. The van der Waals surface area contributed by atoms with Crippen LogP contribution in [0.5, 0.6) is 0 Å². The summed E-state index contributed by atoms with van der Waals surface area (Å²) in [5.41, 5.74) is -0.419. The lowest BCUT2D eigenvalue weighted by Crippen LogP contribution is -2.51. The Morgan fingerprint density at radius 1 is 1.11 bits per heavy atom. The molecule has 4 rings (SSSR count). The summed E-state index contributed by atoms with van der Waals surface area (Å²) in [5.74, 6) is 1.54. The van der Waals surface area contributed by atoms with Gasteiger partial charge in [-0.15, -0.1) is 0 Å². The second-order valence-electron chi connectivity index (χ2n) is 6.64. The van der Waals surface area contributed by atoms with Crippen molar-refractivity contribution < 1.29 is 18.3 Å². The van der Waals surface area contributed by atoms with Gasteiger partial charge in [0.15, 0.2) is 6.10 Å². The first-order valence-corrected chi connectivity index (χ1v) is 6.98. The van der Waals surface area contributed by atoms with Gasteiger partial charge in [0, 0.05) is 0 Å². The summed E-state index contributed by atoms with van der Waals surface area (Å²) in [6.07, 6.45) is 2.45. The van der Waals surface area contributed by atoms with E-state index in [4.69, 9.17) is 4.74 Å². The van der Waals surface area contributed by atoms with E-state index in [-0.39, 0.29) is 5.97 Å². The lowest BCUT2D eigenvalue weighted by molar-refractivity contribution is -0.182. The van der Waals surface area contributed by atoms with E-state index in [1.54, 1.807) is 0 Å². The molecule has 4 aliphatic rings. The van der Waals surface area contributed by atoms with Crippen LogP contribution in [0.1, 0.15) is 45.4 Å². The van der Waals surface area contributed by atoms with Gasteiger partial charge in [-0.3, -0.25) is 4.79 Å². The molecule has 102 valence electrons. The average molecular weight is 258 g/mol. The highest BCUT2D eigenvalue weighted by Gasteiger charge is 2.55. The Hall–Kier alpha value is -0.670. The van der Waals surface area contributed by atoms with Crippen molar-refractivity contribution in [2.24, 2.45) is 23.2 Å². The van der Waals surface area contributed by atoms with Crippen molar-refractivity contribution in [2.75, 3.05) is 0 Å². The maximum Gasteiger partial charge on any atom is 0.312 e. The molecule has 4 heteroatoms. The molecule has 1 atom stereocenters. The van der Waals surface area contributed by atoms with E-state index in [2.05, 4.69) is 0 Å². The van der Waals surface area contributed by atoms with Crippen molar-refractivity contribution in [3.63, 3.8) is 0 Å². The molecule has 0 radical (unpaired) electrons. The topological polar surface area (TPSA) is 26.3 Å². The number of esters is 1. The molecule has 1 unspecified atom stereocenters. The van der Waals surface area contributed by atoms with Gasteiger partial charge in [-0.25, -0.2) is 8.78 Å². The van der Waals surface area contributed by atoms with E-state index in [0.717, 1.165) is 19.3 Å². The molecule has 4 fully saturated rings. The first-order valence-electron chi connectivity index (χ1n) is 6.98. The highest BCUT2D eigenvalue weighted by atomic mass is 19.3. The van der Waals surface area contributed by atoms with E-state index in [0.29, 0.717) is 17.8 Å². The van der Waals surface area contributed by atoms with Gasteiger partial charge in [-0.2, -0.15) is 0 Å². The monoisotopic (exact) mass is 258 g/mol. The van der Waals surface area contributed by atoms with Crippen molar-refractivity contribution in [1.82, 2.24) is 0 Å².